The van der Waals surface area contributed by atoms with Gasteiger partial charge in [-0.1, -0.05) is 0 Å². The minimum Gasteiger partial charge on any atom is -0.383 e. The van der Waals surface area contributed by atoms with Crippen LogP contribution in [0.25, 0.3) is 0 Å². The van der Waals surface area contributed by atoms with Crippen LogP contribution in [0.1, 0.15) is 27.2 Å². The summed E-state index contributed by atoms with van der Waals surface area (Å²) in [5.74, 6) is 6.24. The van der Waals surface area contributed by atoms with Gasteiger partial charge in [0.25, 0.3) is 0 Å². The molecule has 0 saturated carbocycles. The van der Waals surface area contributed by atoms with E-state index in [-0.39, 0.29) is 6.04 Å². The fourth-order valence-corrected chi connectivity index (χ4v) is 1.72. The molecule has 108 valence electrons. The van der Waals surface area contributed by atoms with Crippen LogP contribution in [0, 0.1) is 0 Å². The van der Waals surface area contributed by atoms with Gasteiger partial charge >= 0.3 is 0 Å². The van der Waals surface area contributed by atoms with Crippen molar-refractivity contribution in [2.75, 3.05) is 40.0 Å². The second-order valence-corrected chi connectivity index (χ2v) is 3.99. The molecule has 0 aromatic heterocycles. The van der Waals surface area contributed by atoms with Crippen molar-refractivity contribution in [2.24, 2.45) is 10.8 Å². The van der Waals surface area contributed by atoms with E-state index in [1.54, 1.807) is 7.11 Å². The van der Waals surface area contributed by atoms with Crippen LogP contribution in [0.4, 0.5) is 0 Å². The Morgan fingerprint density at radius 1 is 1.44 bits per heavy atom. The lowest BCUT2D eigenvalue weighted by atomic mass is 10.3. The highest BCUT2D eigenvalue weighted by Crippen LogP contribution is 2.00. The van der Waals surface area contributed by atoms with E-state index in [4.69, 9.17) is 15.3 Å². The van der Waals surface area contributed by atoms with Gasteiger partial charge in [0.2, 0.25) is 5.96 Å². The molecule has 0 rings (SSSR count). The predicted molar refractivity (Wildman–Crippen MR) is 74.5 cm³/mol. The highest BCUT2D eigenvalue weighted by atomic mass is 16.5. The number of nitrogens with zero attached hydrogens (tertiary/aromatic N) is 2. The highest BCUT2D eigenvalue weighted by Gasteiger charge is 2.15. The molecule has 0 aromatic rings. The fraction of sp³-hybridized carbons (Fsp3) is 0.917. The Hall–Kier alpha value is -0.850. The van der Waals surface area contributed by atoms with Crippen LogP contribution in [-0.4, -0.2) is 56.9 Å². The SMILES string of the molecule is CCOCCCN=C(NN)N(CC)C(C)COC. The zero-order valence-corrected chi connectivity index (χ0v) is 12.1. The van der Waals surface area contributed by atoms with Crippen molar-refractivity contribution in [2.45, 2.75) is 33.2 Å². The molecule has 18 heavy (non-hydrogen) atoms. The first kappa shape index (κ1) is 17.2. The van der Waals surface area contributed by atoms with E-state index in [1.165, 1.54) is 0 Å². The second-order valence-electron chi connectivity index (χ2n) is 3.99. The molecule has 0 aliphatic rings. The quantitative estimate of drug-likeness (QED) is 0.209. The van der Waals surface area contributed by atoms with E-state index in [0.29, 0.717) is 19.1 Å². The Morgan fingerprint density at radius 3 is 2.67 bits per heavy atom. The lowest BCUT2D eigenvalue weighted by Gasteiger charge is -2.30. The van der Waals surface area contributed by atoms with Crippen molar-refractivity contribution in [3.8, 4) is 0 Å². The average Bonchev–Trinajstić information content (AvgIpc) is 2.37. The van der Waals surface area contributed by atoms with Crippen LogP contribution in [0.2, 0.25) is 0 Å². The van der Waals surface area contributed by atoms with Crippen molar-refractivity contribution in [3.63, 3.8) is 0 Å². The number of nitrogens with two attached hydrogens (primary N) is 1. The van der Waals surface area contributed by atoms with E-state index in [1.807, 2.05) is 6.92 Å². The number of guanidine groups is 1. The van der Waals surface area contributed by atoms with Gasteiger partial charge in [-0.05, 0) is 27.2 Å². The van der Waals surface area contributed by atoms with Crippen LogP contribution < -0.4 is 11.3 Å². The highest BCUT2D eigenvalue weighted by molar-refractivity contribution is 5.79. The van der Waals surface area contributed by atoms with E-state index in [9.17, 15) is 0 Å². The van der Waals surface area contributed by atoms with Crippen LogP contribution in [-0.2, 0) is 9.47 Å². The number of rotatable bonds is 9. The van der Waals surface area contributed by atoms with E-state index >= 15 is 0 Å². The minimum absolute atomic E-state index is 0.238. The smallest absolute Gasteiger partial charge is 0.208 e. The molecule has 6 heteroatoms. The summed E-state index contributed by atoms with van der Waals surface area (Å²) in [6.07, 6.45) is 0.898. The zero-order chi connectivity index (χ0) is 13.8. The van der Waals surface area contributed by atoms with Gasteiger partial charge < -0.3 is 14.4 Å². The summed E-state index contributed by atoms with van der Waals surface area (Å²) in [6, 6.07) is 0.238. The van der Waals surface area contributed by atoms with E-state index < -0.39 is 0 Å². The number of ether oxygens (including phenoxy) is 2. The molecule has 0 spiro atoms. The standard InChI is InChI=1S/C12H28N4O2/c1-5-16(11(3)10-17-4)12(15-13)14-8-7-9-18-6-2/h11H,5-10,13H2,1-4H3,(H,14,15). The van der Waals surface area contributed by atoms with Crippen molar-refractivity contribution in [1.29, 1.82) is 0 Å². The van der Waals surface area contributed by atoms with Gasteiger partial charge in [-0.15, -0.1) is 0 Å². The number of methoxy groups -OCH3 is 1. The third-order valence-electron chi connectivity index (χ3n) is 2.59. The zero-order valence-electron chi connectivity index (χ0n) is 12.1. The third kappa shape index (κ3) is 6.78. The molecule has 0 amide bonds. The summed E-state index contributed by atoms with van der Waals surface area (Å²) >= 11 is 0. The average molecular weight is 260 g/mol. The molecule has 0 heterocycles. The molecule has 0 fully saturated rings. The van der Waals surface area contributed by atoms with Crippen molar-refractivity contribution >= 4 is 5.96 Å². The Bertz CT molecular complexity index is 224. The summed E-state index contributed by atoms with van der Waals surface area (Å²) in [6.45, 7) is 9.80. The van der Waals surface area contributed by atoms with Crippen LogP contribution in [0.15, 0.2) is 4.99 Å². The molecule has 0 radical (unpaired) electrons. The summed E-state index contributed by atoms with van der Waals surface area (Å²) in [4.78, 5) is 6.55. The van der Waals surface area contributed by atoms with Gasteiger partial charge in [-0.25, -0.2) is 5.84 Å². The molecular weight excluding hydrogens is 232 g/mol. The normalized spacial score (nSPS) is 13.5. The first-order chi connectivity index (χ1) is 8.71. The summed E-state index contributed by atoms with van der Waals surface area (Å²) < 4.78 is 10.4. The molecule has 1 atom stereocenters. The lowest BCUT2D eigenvalue weighted by molar-refractivity contribution is 0.136. The van der Waals surface area contributed by atoms with Gasteiger partial charge in [-0.3, -0.25) is 10.4 Å². The minimum atomic E-state index is 0.238. The van der Waals surface area contributed by atoms with Gasteiger partial charge in [0.15, 0.2) is 0 Å². The van der Waals surface area contributed by atoms with Crippen molar-refractivity contribution in [3.05, 3.63) is 0 Å². The Balaban J connectivity index is 4.27. The van der Waals surface area contributed by atoms with Crippen LogP contribution in [0.3, 0.4) is 0 Å². The number of aliphatic imine (C=N–C) groups is 1. The molecule has 0 aliphatic heterocycles. The third-order valence-corrected chi connectivity index (χ3v) is 2.59. The van der Waals surface area contributed by atoms with Gasteiger partial charge in [0.1, 0.15) is 0 Å². The molecule has 0 aromatic carbocycles. The van der Waals surface area contributed by atoms with Gasteiger partial charge in [0, 0.05) is 33.4 Å². The summed E-state index contributed by atoms with van der Waals surface area (Å²) in [5.41, 5.74) is 2.66. The van der Waals surface area contributed by atoms with Gasteiger partial charge in [-0.2, -0.15) is 0 Å². The Kier molecular flexibility index (Phi) is 10.7. The molecular formula is C12H28N4O2. The molecule has 3 N–H and O–H groups in total. The maximum absolute atomic E-state index is 5.53. The van der Waals surface area contributed by atoms with E-state index in [2.05, 4.69) is 29.2 Å². The Labute approximate surface area is 110 Å². The Morgan fingerprint density at radius 2 is 2.17 bits per heavy atom. The number of nitrogens with one attached hydrogen (secondary N) is 1. The molecule has 0 saturated heterocycles. The second kappa shape index (κ2) is 11.3. The molecule has 0 aliphatic carbocycles. The van der Waals surface area contributed by atoms with Crippen LogP contribution >= 0.6 is 0 Å². The first-order valence-corrected chi connectivity index (χ1v) is 6.55. The monoisotopic (exact) mass is 260 g/mol. The first-order valence-electron chi connectivity index (χ1n) is 6.55. The number of hydrogen-bond acceptors (Lipinski definition) is 4. The van der Waals surface area contributed by atoms with E-state index in [0.717, 1.165) is 26.2 Å². The summed E-state index contributed by atoms with van der Waals surface area (Å²) in [7, 11) is 1.69. The maximum Gasteiger partial charge on any atom is 0.208 e. The fourth-order valence-electron chi connectivity index (χ4n) is 1.72. The van der Waals surface area contributed by atoms with Crippen LogP contribution in [0.5, 0.6) is 0 Å². The number of hydrazine groups is 1. The summed E-state index contributed by atoms with van der Waals surface area (Å²) in [5, 5.41) is 0. The van der Waals surface area contributed by atoms with Crippen molar-refractivity contribution < 1.29 is 9.47 Å². The van der Waals surface area contributed by atoms with Gasteiger partial charge in [0.05, 0.1) is 12.6 Å². The predicted octanol–water partition coefficient (Wildman–Crippen LogP) is 0.589. The molecule has 1 unspecified atom stereocenters. The lowest BCUT2D eigenvalue weighted by Crippen LogP contribution is -2.50. The number of likely N-dealkylation sites (N-methyl/N-ethyl adjacent to an activating group) is 1. The number of hydrogen-bond donors (Lipinski definition) is 2. The molecule has 6 nitrogen and oxygen atoms in total. The largest absolute Gasteiger partial charge is 0.383 e. The van der Waals surface area contributed by atoms with Crippen molar-refractivity contribution in [1.82, 2.24) is 10.3 Å². The topological polar surface area (TPSA) is 72.1 Å². The maximum atomic E-state index is 5.53. The molecule has 0 bridgehead atoms.